The Morgan fingerprint density at radius 1 is 0.974 bits per heavy atom. The molecule has 0 saturated carbocycles. The van der Waals surface area contributed by atoms with Crippen molar-refractivity contribution < 1.29 is 14.6 Å². The Morgan fingerprint density at radius 2 is 1.68 bits per heavy atom. The van der Waals surface area contributed by atoms with Gasteiger partial charge in [-0.1, -0.05) is 34.8 Å². The fraction of sp³-hybridized carbons (Fsp3) is 0.286. The number of nitrogens with zero attached hydrogens (tertiary/aromatic N) is 3. The molecule has 0 bridgehead atoms. The minimum atomic E-state index is -0.422. The highest BCUT2D eigenvalue weighted by Crippen LogP contribution is 2.28. The maximum atomic E-state index is 12.2. The highest BCUT2D eigenvalue weighted by Gasteiger charge is 2.18. The van der Waals surface area contributed by atoms with Gasteiger partial charge in [0.1, 0.15) is 18.1 Å². The fourth-order valence-corrected chi connectivity index (χ4v) is 4.83. The number of benzene rings is 3. The third kappa shape index (κ3) is 7.11. The lowest BCUT2D eigenvalue weighted by Crippen LogP contribution is -2.47. The monoisotopic (exact) mass is 574 g/mol. The van der Waals surface area contributed by atoms with Crippen LogP contribution >= 0.6 is 34.8 Å². The molecule has 38 heavy (non-hydrogen) atoms. The zero-order valence-corrected chi connectivity index (χ0v) is 23.4. The lowest BCUT2D eigenvalue weighted by molar-refractivity contribution is 0.0955. The second-order valence-electron chi connectivity index (χ2n) is 9.12. The Labute approximate surface area is 237 Å². The van der Waals surface area contributed by atoms with E-state index >= 15 is 0 Å². The normalized spacial score (nSPS) is 14.2. The summed E-state index contributed by atoms with van der Waals surface area (Å²) in [4.78, 5) is 17.0. The lowest BCUT2D eigenvalue weighted by atomic mass is 10.1. The molecule has 200 valence electrons. The van der Waals surface area contributed by atoms with Crippen LogP contribution in [0.1, 0.15) is 27.0 Å². The number of nitrogens with one attached hydrogen (secondary N) is 1. The number of hydrogen-bond acceptors (Lipinski definition) is 6. The number of phenols is 1. The van der Waals surface area contributed by atoms with E-state index in [1.807, 2.05) is 44.2 Å². The zero-order chi connectivity index (χ0) is 27.2. The number of anilines is 1. The molecular formula is C28H29Cl3N4O3. The topological polar surface area (TPSA) is 77.4 Å². The molecule has 1 heterocycles. The summed E-state index contributed by atoms with van der Waals surface area (Å²) in [5.41, 5.74) is 6.70. The summed E-state index contributed by atoms with van der Waals surface area (Å²) in [6.45, 7) is 9.13. The number of carbonyl (C=O) groups is 1. The third-order valence-corrected chi connectivity index (χ3v) is 7.41. The molecule has 7 nitrogen and oxygen atoms in total. The first kappa shape index (κ1) is 28.0. The Hall–Kier alpha value is -2.97. The lowest BCUT2D eigenvalue weighted by Gasteiger charge is -2.36. The van der Waals surface area contributed by atoms with E-state index in [4.69, 9.17) is 39.5 Å². The molecule has 0 unspecified atom stereocenters. The quantitative estimate of drug-likeness (QED) is 0.257. The summed E-state index contributed by atoms with van der Waals surface area (Å²) < 4.78 is 6.15. The van der Waals surface area contributed by atoms with Crippen LogP contribution in [0.3, 0.4) is 0 Å². The number of piperazine rings is 1. The number of aryl methyl sites for hydroxylation is 2. The first-order valence-electron chi connectivity index (χ1n) is 12.2. The smallest absolute Gasteiger partial charge is 0.271 e. The van der Waals surface area contributed by atoms with Crippen LogP contribution in [-0.2, 0) is 0 Å². The Morgan fingerprint density at radius 3 is 2.34 bits per heavy atom. The Balaban J connectivity index is 1.25. The van der Waals surface area contributed by atoms with Crippen LogP contribution in [0.5, 0.6) is 11.5 Å². The molecule has 10 heteroatoms. The van der Waals surface area contributed by atoms with Gasteiger partial charge in [0.25, 0.3) is 5.91 Å². The van der Waals surface area contributed by atoms with Gasteiger partial charge in [-0.3, -0.25) is 9.69 Å². The summed E-state index contributed by atoms with van der Waals surface area (Å²) in [5, 5.41) is 14.8. The average molecular weight is 576 g/mol. The summed E-state index contributed by atoms with van der Waals surface area (Å²) in [7, 11) is 0. The molecule has 0 spiro atoms. The van der Waals surface area contributed by atoms with E-state index < -0.39 is 5.91 Å². The van der Waals surface area contributed by atoms with Crippen LogP contribution in [0.15, 0.2) is 53.6 Å². The van der Waals surface area contributed by atoms with Crippen molar-refractivity contribution in [1.29, 1.82) is 0 Å². The number of hydrazone groups is 1. The zero-order valence-electron chi connectivity index (χ0n) is 21.2. The second kappa shape index (κ2) is 12.7. The van der Waals surface area contributed by atoms with Gasteiger partial charge < -0.3 is 14.7 Å². The first-order valence-corrected chi connectivity index (χ1v) is 13.3. The predicted molar refractivity (Wildman–Crippen MR) is 155 cm³/mol. The van der Waals surface area contributed by atoms with E-state index in [9.17, 15) is 9.90 Å². The van der Waals surface area contributed by atoms with Gasteiger partial charge in [0, 0.05) is 44.0 Å². The van der Waals surface area contributed by atoms with Crippen molar-refractivity contribution in [3.05, 3.63) is 85.9 Å². The van der Waals surface area contributed by atoms with Gasteiger partial charge in [-0.05, 0) is 79.1 Å². The molecule has 3 aromatic carbocycles. The van der Waals surface area contributed by atoms with E-state index in [2.05, 4.69) is 20.3 Å². The highest BCUT2D eigenvalue weighted by atomic mass is 35.5. The molecule has 3 aromatic rings. The van der Waals surface area contributed by atoms with E-state index in [-0.39, 0.29) is 10.8 Å². The SMILES string of the molecule is Cc1cc(/C=N\NC(=O)c2ccc(O)c(Cl)c2)cc(C)c1OCCN1CCN(c2ccc(Cl)c(Cl)c2)CC1. The number of phenolic OH excluding ortho intramolecular Hbond substituents is 1. The Kier molecular flexibility index (Phi) is 9.39. The largest absolute Gasteiger partial charge is 0.506 e. The van der Waals surface area contributed by atoms with Crippen LogP contribution in [0.25, 0.3) is 0 Å². The van der Waals surface area contributed by atoms with Crippen molar-refractivity contribution >= 4 is 52.6 Å². The number of hydrogen-bond donors (Lipinski definition) is 2. The molecule has 0 atom stereocenters. The third-order valence-electron chi connectivity index (χ3n) is 6.37. The number of halogens is 3. The number of amides is 1. The molecule has 1 aliphatic heterocycles. The van der Waals surface area contributed by atoms with Crippen LogP contribution in [0, 0.1) is 13.8 Å². The highest BCUT2D eigenvalue weighted by molar-refractivity contribution is 6.42. The van der Waals surface area contributed by atoms with Crippen molar-refractivity contribution in [3.8, 4) is 11.5 Å². The molecule has 1 fully saturated rings. The van der Waals surface area contributed by atoms with Gasteiger partial charge >= 0.3 is 0 Å². The molecule has 0 aliphatic carbocycles. The number of carbonyl (C=O) groups excluding carboxylic acids is 1. The number of rotatable bonds is 8. The van der Waals surface area contributed by atoms with Gasteiger partial charge in [-0.15, -0.1) is 0 Å². The van der Waals surface area contributed by atoms with Crippen molar-refractivity contribution in [3.63, 3.8) is 0 Å². The summed E-state index contributed by atoms with van der Waals surface area (Å²) >= 11 is 18.1. The van der Waals surface area contributed by atoms with Crippen LogP contribution in [0.2, 0.25) is 15.1 Å². The fourth-order valence-electron chi connectivity index (χ4n) is 4.35. The van der Waals surface area contributed by atoms with Gasteiger partial charge in [-0.25, -0.2) is 5.43 Å². The van der Waals surface area contributed by atoms with Crippen LogP contribution in [0.4, 0.5) is 5.69 Å². The summed E-state index contributed by atoms with van der Waals surface area (Å²) in [6, 6.07) is 13.9. The van der Waals surface area contributed by atoms with E-state index in [0.29, 0.717) is 22.2 Å². The predicted octanol–water partition coefficient (Wildman–Crippen LogP) is 5.93. The van der Waals surface area contributed by atoms with Gasteiger partial charge in [-0.2, -0.15) is 5.10 Å². The maximum Gasteiger partial charge on any atom is 0.271 e. The molecule has 0 aromatic heterocycles. The van der Waals surface area contributed by atoms with Crippen molar-refractivity contribution in [2.75, 3.05) is 44.2 Å². The van der Waals surface area contributed by atoms with Crippen LogP contribution < -0.4 is 15.1 Å². The van der Waals surface area contributed by atoms with Gasteiger partial charge in [0.15, 0.2) is 0 Å². The van der Waals surface area contributed by atoms with Crippen molar-refractivity contribution in [1.82, 2.24) is 10.3 Å². The minimum Gasteiger partial charge on any atom is -0.506 e. The molecular weight excluding hydrogens is 547 g/mol. The van der Waals surface area contributed by atoms with Gasteiger partial charge in [0.2, 0.25) is 0 Å². The maximum absolute atomic E-state index is 12.2. The van der Waals surface area contributed by atoms with E-state index in [1.54, 1.807) is 6.21 Å². The summed E-state index contributed by atoms with van der Waals surface area (Å²) in [6.07, 6.45) is 1.58. The van der Waals surface area contributed by atoms with Crippen LogP contribution in [-0.4, -0.2) is 61.5 Å². The summed E-state index contributed by atoms with van der Waals surface area (Å²) in [5.74, 6) is 0.358. The molecule has 2 N–H and O–H groups in total. The van der Waals surface area contributed by atoms with Crippen molar-refractivity contribution in [2.45, 2.75) is 13.8 Å². The van der Waals surface area contributed by atoms with E-state index in [1.165, 1.54) is 18.2 Å². The number of ether oxygens (including phenoxy) is 1. The molecule has 4 rings (SSSR count). The molecule has 1 aliphatic rings. The van der Waals surface area contributed by atoms with E-state index in [0.717, 1.165) is 60.9 Å². The van der Waals surface area contributed by atoms with Crippen molar-refractivity contribution in [2.24, 2.45) is 5.10 Å². The standard InChI is InChI=1S/C28H29Cl3N4O3/c1-18-13-20(17-32-33-28(37)21-3-6-26(36)25(31)15-21)14-19(2)27(18)38-12-11-34-7-9-35(10-8-34)22-4-5-23(29)24(30)16-22/h3-6,13-17,36H,7-12H2,1-2H3,(H,33,37)/b32-17-. The number of aromatic hydroxyl groups is 1. The van der Waals surface area contributed by atoms with Gasteiger partial charge in [0.05, 0.1) is 21.3 Å². The minimum absolute atomic E-state index is 0.0811. The molecule has 1 saturated heterocycles. The molecule has 0 radical (unpaired) electrons. The molecule has 1 amide bonds. The second-order valence-corrected chi connectivity index (χ2v) is 10.3. The Bertz CT molecular complexity index is 1320. The average Bonchev–Trinajstić information content (AvgIpc) is 2.89. The first-order chi connectivity index (χ1) is 18.2.